The molecule has 0 amide bonds. The van der Waals surface area contributed by atoms with Crippen molar-refractivity contribution in [2.24, 2.45) is 0 Å². The van der Waals surface area contributed by atoms with Crippen LogP contribution in [-0.4, -0.2) is 12.6 Å². The average Bonchev–Trinajstić information content (AvgIpc) is 2.49. The molecular weight excluding hydrogens is 249 g/mol. The molecule has 0 fully saturated rings. The molecule has 0 aliphatic carbocycles. The maximum atomic E-state index is 13.9. The van der Waals surface area contributed by atoms with Gasteiger partial charge in [0.05, 0.1) is 0 Å². The molecule has 1 nitrogen and oxygen atoms in total. The van der Waals surface area contributed by atoms with E-state index in [1.165, 1.54) is 11.6 Å². The molecule has 2 aromatic carbocycles. The molecule has 1 heterocycles. The minimum absolute atomic E-state index is 0.126. The van der Waals surface area contributed by atoms with Gasteiger partial charge in [0.25, 0.3) is 0 Å². The molecular formula is C18H18FN. The molecule has 0 aromatic heterocycles. The van der Waals surface area contributed by atoms with Gasteiger partial charge < -0.3 is 5.32 Å². The Balaban J connectivity index is 1.74. The van der Waals surface area contributed by atoms with E-state index < -0.39 is 0 Å². The highest BCUT2D eigenvalue weighted by Crippen LogP contribution is 2.25. The molecule has 1 atom stereocenters. The van der Waals surface area contributed by atoms with Crippen molar-refractivity contribution >= 4 is 5.57 Å². The Morgan fingerprint density at radius 3 is 2.55 bits per heavy atom. The van der Waals surface area contributed by atoms with Gasteiger partial charge in [0.15, 0.2) is 0 Å². The van der Waals surface area contributed by atoms with E-state index in [1.807, 2.05) is 18.2 Å². The Morgan fingerprint density at radius 1 is 1.00 bits per heavy atom. The van der Waals surface area contributed by atoms with E-state index in [4.69, 9.17) is 0 Å². The predicted octanol–water partition coefficient (Wildman–Crippen LogP) is 3.81. The van der Waals surface area contributed by atoms with Crippen molar-refractivity contribution in [3.8, 4) is 0 Å². The summed E-state index contributed by atoms with van der Waals surface area (Å²) in [7, 11) is 0. The molecule has 0 spiro atoms. The molecule has 2 aromatic rings. The highest BCUT2D eigenvalue weighted by atomic mass is 19.1. The summed E-state index contributed by atoms with van der Waals surface area (Å²) in [4.78, 5) is 0. The lowest BCUT2D eigenvalue weighted by molar-refractivity contribution is 0.530. The van der Waals surface area contributed by atoms with E-state index in [0.29, 0.717) is 6.04 Å². The van der Waals surface area contributed by atoms with Crippen LogP contribution in [-0.2, 0) is 6.42 Å². The summed E-state index contributed by atoms with van der Waals surface area (Å²) in [5.41, 5.74) is 3.18. The maximum absolute atomic E-state index is 13.9. The zero-order valence-corrected chi connectivity index (χ0v) is 11.4. The summed E-state index contributed by atoms with van der Waals surface area (Å²) in [6.07, 6.45) is 3.95. The fourth-order valence-corrected chi connectivity index (χ4v) is 2.75. The summed E-state index contributed by atoms with van der Waals surface area (Å²) in [6.45, 7) is 0.807. The van der Waals surface area contributed by atoms with Crippen molar-refractivity contribution < 1.29 is 4.39 Å². The average molecular weight is 267 g/mol. The Hall–Kier alpha value is -1.93. The molecule has 1 aliphatic heterocycles. The van der Waals surface area contributed by atoms with E-state index in [-0.39, 0.29) is 5.82 Å². The Kier molecular flexibility index (Phi) is 3.93. The molecule has 0 radical (unpaired) electrons. The van der Waals surface area contributed by atoms with E-state index in [2.05, 4.69) is 35.7 Å². The Labute approximate surface area is 119 Å². The van der Waals surface area contributed by atoms with Crippen LogP contribution >= 0.6 is 0 Å². The first kappa shape index (κ1) is 13.1. The van der Waals surface area contributed by atoms with Crippen LogP contribution < -0.4 is 5.32 Å². The highest BCUT2D eigenvalue weighted by molar-refractivity contribution is 5.67. The third-order valence-electron chi connectivity index (χ3n) is 3.77. The van der Waals surface area contributed by atoms with Crippen molar-refractivity contribution in [1.29, 1.82) is 0 Å². The number of nitrogens with one attached hydrogen (secondary N) is 1. The van der Waals surface area contributed by atoms with Crippen LogP contribution in [0.2, 0.25) is 0 Å². The van der Waals surface area contributed by atoms with Gasteiger partial charge in [0.1, 0.15) is 5.82 Å². The summed E-state index contributed by atoms with van der Waals surface area (Å²) in [6, 6.07) is 17.8. The van der Waals surface area contributed by atoms with Crippen molar-refractivity contribution in [3.05, 3.63) is 77.6 Å². The quantitative estimate of drug-likeness (QED) is 0.891. The third kappa shape index (κ3) is 2.97. The Bertz CT molecular complexity index is 604. The summed E-state index contributed by atoms with van der Waals surface area (Å²) >= 11 is 0. The predicted molar refractivity (Wildman–Crippen MR) is 80.9 cm³/mol. The van der Waals surface area contributed by atoms with E-state index in [1.54, 1.807) is 6.07 Å². The summed E-state index contributed by atoms with van der Waals surface area (Å²) < 4.78 is 13.9. The van der Waals surface area contributed by atoms with Gasteiger partial charge in [0.2, 0.25) is 0 Å². The number of benzene rings is 2. The van der Waals surface area contributed by atoms with Crippen LogP contribution in [0.5, 0.6) is 0 Å². The van der Waals surface area contributed by atoms with Gasteiger partial charge in [-0.25, -0.2) is 4.39 Å². The lowest BCUT2D eigenvalue weighted by atomic mass is 9.92. The van der Waals surface area contributed by atoms with E-state index >= 15 is 0 Å². The van der Waals surface area contributed by atoms with Gasteiger partial charge in [-0.3, -0.25) is 0 Å². The molecule has 1 N–H and O–H groups in total. The minimum atomic E-state index is -0.126. The van der Waals surface area contributed by atoms with Crippen molar-refractivity contribution in [2.45, 2.75) is 18.9 Å². The van der Waals surface area contributed by atoms with Crippen LogP contribution in [0.1, 0.15) is 17.5 Å². The summed E-state index contributed by atoms with van der Waals surface area (Å²) in [5.74, 6) is -0.126. The molecule has 0 bridgehead atoms. The standard InChI is InChI=1S/C18H18FN/c19-18-9-5-4-8-17(18)15-10-11-20-16(13-15)12-14-6-2-1-3-7-14/h1-10,16,20H,11-13H2. The molecule has 102 valence electrons. The first-order chi connectivity index (χ1) is 9.83. The monoisotopic (exact) mass is 267 g/mol. The SMILES string of the molecule is Fc1ccccc1C1=CCNC(Cc2ccccc2)C1. The fraction of sp³-hybridized carbons (Fsp3) is 0.222. The molecule has 1 unspecified atom stereocenters. The fourth-order valence-electron chi connectivity index (χ4n) is 2.75. The number of hydrogen-bond donors (Lipinski definition) is 1. The molecule has 3 rings (SSSR count). The molecule has 20 heavy (non-hydrogen) atoms. The van der Waals surface area contributed by atoms with Gasteiger partial charge in [-0.2, -0.15) is 0 Å². The number of hydrogen-bond acceptors (Lipinski definition) is 1. The largest absolute Gasteiger partial charge is 0.310 e. The van der Waals surface area contributed by atoms with Crippen molar-refractivity contribution in [2.75, 3.05) is 6.54 Å². The first-order valence-electron chi connectivity index (χ1n) is 7.04. The van der Waals surface area contributed by atoms with Crippen LogP contribution in [0.15, 0.2) is 60.7 Å². The second-order valence-electron chi connectivity index (χ2n) is 5.21. The third-order valence-corrected chi connectivity index (χ3v) is 3.77. The smallest absolute Gasteiger partial charge is 0.130 e. The zero-order chi connectivity index (χ0) is 13.8. The topological polar surface area (TPSA) is 12.0 Å². The number of rotatable bonds is 3. The van der Waals surface area contributed by atoms with Crippen molar-refractivity contribution in [1.82, 2.24) is 5.32 Å². The maximum Gasteiger partial charge on any atom is 0.130 e. The van der Waals surface area contributed by atoms with Gasteiger partial charge in [-0.1, -0.05) is 54.6 Å². The Morgan fingerprint density at radius 2 is 1.75 bits per heavy atom. The molecule has 2 heteroatoms. The van der Waals surface area contributed by atoms with Crippen LogP contribution in [0, 0.1) is 5.82 Å². The van der Waals surface area contributed by atoms with Crippen LogP contribution in [0.3, 0.4) is 0 Å². The van der Waals surface area contributed by atoms with Crippen LogP contribution in [0.4, 0.5) is 4.39 Å². The zero-order valence-electron chi connectivity index (χ0n) is 11.4. The molecule has 0 saturated heterocycles. The normalized spacial score (nSPS) is 18.6. The lowest BCUT2D eigenvalue weighted by Crippen LogP contribution is -2.34. The highest BCUT2D eigenvalue weighted by Gasteiger charge is 2.18. The second kappa shape index (κ2) is 6.02. The number of halogens is 1. The van der Waals surface area contributed by atoms with Crippen molar-refractivity contribution in [3.63, 3.8) is 0 Å². The second-order valence-corrected chi connectivity index (χ2v) is 5.21. The van der Waals surface area contributed by atoms with Gasteiger partial charge in [-0.15, -0.1) is 0 Å². The van der Waals surface area contributed by atoms with E-state index in [9.17, 15) is 4.39 Å². The first-order valence-corrected chi connectivity index (χ1v) is 7.04. The van der Waals surface area contributed by atoms with Gasteiger partial charge in [0, 0.05) is 18.2 Å². The van der Waals surface area contributed by atoms with Gasteiger partial charge in [-0.05, 0) is 30.0 Å². The molecule has 0 saturated carbocycles. The minimum Gasteiger partial charge on any atom is -0.310 e. The summed E-state index contributed by atoms with van der Waals surface area (Å²) in [5, 5.41) is 3.49. The van der Waals surface area contributed by atoms with Crippen LogP contribution in [0.25, 0.3) is 5.57 Å². The lowest BCUT2D eigenvalue weighted by Gasteiger charge is -2.25. The molecule has 1 aliphatic rings. The van der Waals surface area contributed by atoms with E-state index in [0.717, 1.165) is 30.5 Å². The van der Waals surface area contributed by atoms with Gasteiger partial charge >= 0.3 is 0 Å².